The fourth-order valence-electron chi connectivity index (χ4n) is 5.53. The largest absolute Gasteiger partial charge is 0.451 e. The maximum absolute atomic E-state index is 13.6. The number of ether oxygens (including phenoxy) is 2. The molecule has 224 valence electrons. The number of rotatable bonds is 1. The molecule has 1 aromatic carbocycles. The summed E-state index contributed by atoms with van der Waals surface area (Å²) in [6, 6.07) is 7.78. The van der Waals surface area contributed by atoms with Gasteiger partial charge in [-0.3, -0.25) is 29.2 Å². The Morgan fingerprint density at radius 1 is 1.02 bits per heavy atom. The average Bonchev–Trinajstić information content (AvgIpc) is 3.47. The van der Waals surface area contributed by atoms with E-state index in [1.807, 2.05) is 43.3 Å². The highest BCUT2D eigenvalue weighted by atomic mass is 16.6. The maximum Gasteiger partial charge on any atom is 0.319 e. The van der Waals surface area contributed by atoms with Gasteiger partial charge in [-0.15, -0.1) is 0 Å². The number of carbonyl (C=O) groups is 4. The molecule has 1 unspecified atom stereocenters. The summed E-state index contributed by atoms with van der Waals surface area (Å²) in [5.74, 6) is -2.07. The fraction of sp³-hybridized carbons (Fsp3) is 0.516. The zero-order chi connectivity index (χ0) is 30.0. The Morgan fingerprint density at radius 3 is 2.52 bits per heavy atom. The Balaban J connectivity index is 1.52. The number of cyclic esters (lactones) is 1. The van der Waals surface area contributed by atoms with Crippen molar-refractivity contribution in [2.45, 2.75) is 71.2 Å². The summed E-state index contributed by atoms with van der Waals surface area (Å²) in [6.07, 6.45) is 4.12. The van der Waals surface area contributed by atoms with Gasteiger partial charge in [-0.25, -0.2) is 5.43 Å². The number of nitrogens with one attached hydrogen (secondary N) is 3. The van der Waals surface area contributed by atoms with Crippen molar-refractivity contribution in [2.24, 2.45) is 11.3 Å². The van der Waals surface area contributed by atoms with Crippen LogP contribution in [0.25, 0.3) is 17.0 Å². The summed E-state index contributed by atoms with van der Waals surface area (Å²) >= 11 is 0. The van der Waals surface area contributed by atoms with Gasteiger partial charge in [-0.1, -0.05) is 44.2 Å². The van der Waals surface area contributed by atoms with Crippen LogP contribution in [0.1, 0.15) is 64.3 Å². The van der Waals surface area contributed by atoms with E-state index >= 15 is 0 Å². The first-order valence-corrected chi connectivity index (χ1v) is 14.6. The molecule has 2 aromatic rings. The summed E-state index contributed by atoms with van der Waals surface area (Å²) in [6.45, 7) is 7.93. The number of aromatic nitrogens is 1. The Hall–Kier alpha value is -3.83. The zero-order valence-corrected chi connectivity index (χ0v) is 24.5. The van der Waals surface area contributed by atoms with E-state index in [-0.39, 0.29) is 30.4 Å². The number of fused-ring (bicyclic) bond motifs is 4. The van der Waals surface area contributed by atoms with Crippen molar-refractivity contribution in [3.63, 3.8) is 0 Å². The third-order valence-corrected chi connectivity index (χ3v) is 8.19. The molecule has 1 spiro atoms. The van der Waals surface area contributed by atoms with E-state index in [1.54, 1.807) is 26.8 Å². The molecule has 3 N–H and O–H groups in total. The smallest absolute Gasteiger partial charge is 0.319 e. The SMILES string of the molecule is CC(C)[C@@H]1OC(=O)C2(/C=C\c3ccc4ccc(nc4c3)[C@@H](C)NC(=O)[C@@H]3CCCN(N3)C(=O)[C@H](C)NC1=O)CCOC2. The normalized spacial score (nSPS) is 30.4. The van der Waals surface area contributed by atoms with E-state index in [0.29, 0.717) is 38.1 Å². The lowest BCUT2D eigenvalue weighted by Crippen LogP contribution is -2.61. The molecular formula is C31H39N5O6. The first-order chi connectivity index (χ1) is 20.1. The Morgan fingerprint density at radius 2 is 1.79 bits per heavy atom. The molecule has 5 atom stereocenters. The van der Waals surface area contributed by atoms with Crippen molar-refractivity contribution in [3.05, 3.63) is 47.7 Å². The Kier molecular flexibility index (Phi) is 8.60. The van der Waals surface area contributed by atoms with Crippen LogP contribution in [0.2, 0.25) is 0 Å². The summed E-state index contributed by atoms with van der Waals surface area (Å²) in [5, 5.41) is 8.06. The monoisotopic (exact) mass is 577 g/mol. The Bertz CT molecular complexity index is 1400. The van der Waals surface area contributed by atoms with Gasteiger partial charge in [-0.2, -0.15) is 0 Å². The lowest BCUT2D eigenvalue weighted by atomic mass is 9.86. The highest BCUT2D eigenvalue weighted by molar-refractivity contribution is 5.92. The number of hydrogen-bond donors (Lipinski definition) is 3. The predicted octanol–water partition coefficient (Wildman–Crippen LogP) is 2.41. The number of hydrogen-bond acceptors (Lipinski definition) is 8. The highest BCUT2D eigenvalue weighted by Gasteiger charge is 2.44. The van der Waals surface area contributed by atoms with Crippen molar-refractivity contribution in [1.29, 1.82) is 0 Å². The minimum atomic E-state index is -1.11. The van der Waals surface area contributed by atoms with E-state index in [4.69, 9.17) is 14.5 Å². The van der Waals surface area contributed by atoms with Gasteiger partial charge >= 0.3 is 5.97 Å². The van der Waals surface area contributed by atoms with E-state index in [2.05, 4.69) is 16.1 Å². The van der Waals surface area contributed by atoms with Crippen molar-refractivity contribution >= 4 is 40.7 Å². The molecule has 5 bridgehead atoms. The second kappa shape index (κ2) is 12.2. The van der Waals surface area contributed by atoms with Crippen molar-refractivity contribution < 1.29 is 28.7 Å². The second-order valence-corrected chi connectivity index (χ2v) is 11.8. The van der Waals surface area contributed by atoms with Gasteiger partial charge < -0.3 is 20.1 Å². The van der Waals surface area contributed by atoms with Crippen molar-refractivity contribution in [1.82, 2.24) is 26.1 Å². The molecule has 2 fully saturated rings. The summed E-state index contributed by atoms with van der Waals surface area (Å²) in [7, 11) is 0. The molecule has 11 nitrogen and oxygen atoms in total. The van der Waals surface area contributed by atoms with Crippen LogP contribution < -0.4 is 16.1 Å². The molecular weight excluding hydrogens is 538 g/mol. The average molecular weight is 578 g/mol. The number of esters is 1. The van der Waals surface area contributed by atoms with Crippen LogP contribution in [-0.2, 0) is 28.7 Å². The number of nitrogens with zero attached hydrogens (tertiary/aromatic N) is 2. The van der Waals surface area contributed by atoms with Gasteiger partial charge in [0.25, 0.3) is 11.8 Å². The number of amides is 3. The highest BCUT2D eigenvalue weighted by Crippen LogP contribution is 2.34. The lowest BCUT2D eigenvalue weighted by Gasteiger charge is -2.35. The molecule has 1 aromatic heterocycles. The number of pyridine rings is 1. The van der Waals surface area contributed by atoms with E-state index in [9.17, 15) is 19.2 Å². The molecule has 2 saturated heterocycles. The zero-order valence-electron chi connectivity index (χ0n) is 24.5. The quantitative estimate of drug-likeness (QED) is 0.440. The fourth-order valence-corrected chi connectivity index (χ4v) is 5.53. The minimum Gasteiger partial charge on any atom is -0.451 e. The van der Waals surface area contributed by atoms with Gasteiger partial charge in [-0.05, 0) is 56.7 Å². The van der Waals surface area contributed by atoms with Crippen molar-refractivity contribution in [3.8, 4) is 0 Å². The molecule has 0 radical (unpaired) electrons. The first kappa shape index (κ1) is 29.7. The standard InChI is InChI=1S/C31H39N5O6/c1-18(2)26-28(38)33-20(4)29(39)36-14-5-6-24(35-36)27(37)32-19(3)23-10-9-22-8-7-21(16-25(22)34-23)11-12-31(30(40)42-26)13-15-41-17-31/h7-12,16,18-20,24,26,35H,5-6,13-15,17H2,1-4H3,(H,32,37)(H,33,38)/b12-11-/t19-,20+,24+,26+,31?/m1/s1. The summed E-state index contributed by atoms with van der Waals surface area (Å²) < 4.78 is 11.5. The van der Waals surface area contributed by atoms with E-state index in [1.165, 1.54) is 5.01 Å². The Labute approximate surface area is 245 Å². The molecule has 3 amide bonds. The predicted molar refractivity (Wildman–Crippen MR) is 155 cm³/mol. The van der Waals surface area contributed by atoms with Gasteiger partial charge in [0.1, 0.15) is 17.5 Å². The molecule has 4 heterocycles. The molecule has 5 rings (SSSR count). The summed E-state index contributed by atoms with van der Waals surface area (Å²) in [4.78, 5) is 58.2. The van der Waals surface area contributed by atoms with Crippen molar-refractivity contribution in [2.75, 3.05) is 19.8 Å². The van der Waals surface area contributed by atoms with Gasteiger partial charge in [0.05, 0.1) is 23.9 Å². The van der Waals surface area contributed by atoms with Gasteiger partial charge in [0.15, 0.2) is 6.10 Å². The van der Waals surface area contributed by atoms with Crippen LogP contribution in [-0.4, -0.2) is 71.6 Å². The van der Waals surface area contributed by atoms with Crippen LogP contribution >= 0.6 is 0 Å². The molecule has 11 heteroatoms. The number of benzene rings is 1. The molecule has 3 aliphatic rings. The molecule has 42 heavy (non-hydrogen) atoms. The van der Waals surface area contributed by atoms with Crippen LogP contribution in [0.3, 0.4) is 0 Å². The lowest BCUT2D eigenvalue weighted by molar-refractivity contribution is -0.166. The van der Waals surface area contributed by atoms with Crippen LogP contribution in [0.5, 0.6) is 0 Å². The van der Waals surface area contributed by atoms with Crippen LogP contribution in [0.4, 0.5) is 0 Å². The first-order valence-electron chi connectivity index (χ1n) is 14.6. The third-order valence-electron chi connectivity index (χ3n) is 8.19. The van der Waals surface area contributed by atoms with E-state index < -0.39 is 35.5 Å². The van der Waals surface area contributed by atoms with Crippen LogP contribution in [0.15, 0.2) is 36.4 Å². The number of hydrazine groups is 1. The summed E-state index contributed by atoms with van der Waals surface area (Å²) in [5.41, 5.74) is 4.26. The third kappa shape index (κ3) is 6.17. The van der Waals surface area contributed by atoms with Crippen LogP contribution in [0, 0.1) is 11.3 Å². The molecule has 3 aliphatic heterocycles. The molecule has 0 saturated carbocycles. The van der Waals surface area contributed by atoms with E-state index in [0.717, 1.165) is 16.5 Å². The minimum absolute atomic E-state index is 0.138. The molecule has 0 aliphatic carbocycles. The topological polar surface area (TPSA) is 139 Å². The number of carbonyl (C=O) groups excluding carboxylic acids is 4. The second-order valence-electron chi connectivity index (χ2n) is 11.8. The van der Waals surface area contributed by atoms with Gasteiger partial charge in [0, 0.05) is 18.5 Å². The maximum atomic E-state index is 13.6. The van der Waals surface area contributed by atoms with Gasteiger partial charge in [0.2, 0.25) is 5.91 Å².